The van der Waals surface area contributed by atoms with Gasteiger partial charge in [-0.05, 0) is 64.7 Å². The van der Waals surface area contributed by atoms with E-state index in [9.17, 15) is 13.2 Å². The number of hydrogen-bond donors (Lipinski definition) is 1. The van der Waals surface area contributed by atoms with Crippen molar-refractivity contribution in [2.45, 2.75) is 16.2 Å². The van der Waals surface area contributed by atoms with Gasteiger partial charge in [0, 0.05) is 3.57 Å². The molecule has 152 valence electrons. The minimum absolute atomic E-state index is 0.115. The average molecular weight is 560 g/mol. The number of rotatable bonds is 8. The van der Waals surface area contributed by atoms with Gasteiger partial charge in [0.25, 0.3) is 10.0 Å². The lowest BCUT2D eigenvalue weighted by Crippen LogP contribution is -2.38. The van der Waals surface area contributed by atoms with E-state index in [0.717, 1.165) is 18.0 Å². The van der Waals surface area contributed by atoms with Crippen LogP contribution in [0.15, 0.2) is 63.8 Å². The van der Waals surface area contributed by atoms with Gasteiger partial charge in [-0.3, -0.25) is 14.4 Å². The molecule has 1 N–H and O–H groups in total. The summed E-state index contributed by atoms with van der Waals surface area (Å²) in [5, 5.41) is 10.9. The standard InChI is InChI=1S/C18H17IN4O3S3/c1-2-27-18-22-21-17(28-18)20-16(24)12-23(14-10-8-13(19)9-11-14)29(25,26)15-6-4-3-5-7-15/h3-11H,2,12H2,1H3,(H,20,21,24). The number of anilines is 2. The normalized spacial score (nSPS) is 11.2. The molecule has 0 aliphatic rings. The van der Waals surface area contributed by atoms with E-state index < -0.39 is 15.9 Å². The Morgan fingerprint density at radius 1 is 1.14 bits per heavy atom. The molecule has 0 radical (unpaired) electrons. The lowest BCUT2D eigenvalue weighted by atomic mass is 10.3. The fourth-order valence-corrected chi connectivity index (χ4v) is 5.84. The Morgan fingerprint density at radius 2 is 1.83 bits per heavy atom. The summed E-state index contributed by atoms with van der Waals surface area (Å²) in [5.41, 5.74) is 0.406. The highest BCUT2D eigenvalue weighted by atomic mass is 127. The predicted molar refractivity (Wildman–Crippen MR) is 125 cm³/mol. The molecule has 2 aromatic carbocycles. The first-order valence-electron chi connectivity index (χ1n) is 8.49. The third-order valence-corrected chi connectivity index (χ3v) is 8.02. The number of halogens is 1. The molecule has 3 aromatic rings. The fraction of sp³-hybridized carbons (Fsp3) is 0.167. The van der Waals surface area contributed by atoms with Gasteiger partial charge in [0.2, 0.25) is 11.0 Å². The number of sulfonamides is 1. The summed E-state index contributed by atoms with van der Waals surface area (Å²) < 4.78 is 29.2. The lowest BCUT2D eigenvalue weighted by Gasteiger charge is -2.24. The summed E-state index contributed by atoms with van der Waals surface area (Å²) in [6.45, 7) is 1.62. The van der Waals surface area contributed by atoms with Crippen LogP contribution >= 0.6 is 45.7 Å². The number of thioether (sulfide) groups is 1. The van der Waals surface area contributed by atoms with Crippen molar-refractivity contribution < 1.29 is 13.2 Å². The van der Waals surface area contributed by atoms with Crippen molar-refractivity contribution >= 4 is 72.4 Å². The molecule has 0 saturated heterocycles. The third-order valence-electron chi connectivity index (χ3n) is 3.65. The highest BCUT2D eigenvalue weighted by molar-refractivity contribution is 14.1. The molecule has 29 heavy (non-hydrogen) atoms. The topological polar surface area (TPSA) is 92.3 Å². The minimum atomic E-state index is -3.92. The van der Waals surface area contributed by atoms with Gasteiger partial charge in [0.15, 0.2) is 4.34 Å². The van der Waals surface area contributed by atoms with Gasteiger partial charge in [-0.25, -0.2) is 8.42 Å². The molecular weight excluding hydrogens is 543 g/mol. The van der Waals surface area contributed by atoms with E-state index in [0.29, 0.717) is 10.8 Å². The minimum Gasteiger partial charge on any atom is -0.299 e. The largest absolute Gasteiger partial charge is 0.299 e. The summed E-state index contributed by atoms with van der Waals surface area (Å²) in [5.74, 6) is 0.352. The second-order valence-electron chi connectivity index (χ2n) is 5.66. The summed E-state index contributed by atoms with van der Waals surface area (Å²) in [6.07, 6.45) is 0. The van der Waals surface area contributed by atoms with Crippen molar-refractivity contribution in [2.75, 3.05) is 21.9 Å². The van der Waals surface area contributed by atoms with Gasteiger partial charge in [0.1, 0.15) is 6.54 Å². The van der Waals surface area contributed by atoms with Crippen molar-refractivity contribution in [1.82, 2.24) is 10.2 Å². The van der Waals surface area contributed by atoms with E-state index in [2.05, 4.69) is 38.1 Å². The van der Waals surface area contributed by atoms with Gasteiger partial charge in [-0.1, -0.05) is 48.2 Å². The fourth-order valence-electron chi connectivity index (χ4n) is 2.37. The number of carbonyl (C=O) groups excluding carboxylic acids is 1. The van der Waals surface area contributed by atoms with E-state index >= 15 is 0 Å². The molecule has 0 spiro atoms. The molecule has 0 saturated carbocycles. The van der Waals surface area contributed by atoms with Crippen LogP contribution in [0.3, 0.4) is 0 Å². The maximum Gasteiger partial charge on any atom is 0.264 e. The van der Waals surface area contributed by atoms with Gasteiger partial charge >= 0.3 is 0 Å². The Morgan fingerprint density at radius 3 is 2.48 bits per heavy atom. The van der Waals surface area contributed by atoms with Gasteiger partial charge in [0.05, 0.1) is 10.6 Å². The van der Waals surface area contributed by atoms with Crippen molar-refractivity contribution in [3.8, 4) is 0 Å². The number of carbonyl (C=O) groups is 1. The van der Waals surface area contributed by atoms with Crippen molar-refractivity contribution in [2.24, 2.45) is 0 Å². The Labute approximate surface area is 191 Å². The van der Waals surface area contributed by atoms with E-state index in [4.69, 9.17) is 0 Å². The van der Waals surface area contributed by atoms with Crippen LogP contribution in [-0.2, 0) is 14.8 Å². The zero-order valence-electron chi connectivity index (χ0n) is 15.3. The maximum absolute atomic E-state index is 13.2. The van der Waals surface area contributed by atoms with Gasteiger partial charge in [-0.15, -0.1) is 10.2 Å². The maximum atomic E-state index is 13.2. The number of amides is 1. The summed E-state index contributed by atoms with van der Waals surface area (Å²) >= 11 is 4.92. The molecule has 0 unspecified atom stereocenters. The Hall–Kier alpha value is -1.70. The lowest BCUT2D eigenvalue weighted by molar-refractivity contribution is -0.114. The zero-order valence-corrected chi connectivity index (χ0v) is 19.9. The quantitative estimate of drug-likeness (QED) is 0.254. The van der Waals surface area contributed by atoms with Crippen LogP contribution in [-0.4, -0.2) is 36.8 Å². The van der Waals surface area contributed by atoms with Crippen LogP contribution in [0.4, 0.5) is 10.8 Å². The van der Waals surface area contributed by atoms with E-state index in [1.54, 1.807) is 42.5 Å². The molecule has 7 nitrogen and oxygen atoms in total. The molecule has 0 fully saturated rings. The number of nitrogens with one attached hydrogen (secondary N) is 1. The Bertz CT molecular complexity index is 1070. The molecule has 0 atom stereocenters. The summed E-state index contributed by atoms with van der Waals surface area (Å²) in [7, 11) is -3.92. The van der Waals surface area contributed by atoms with Crippen LogP contribution in [0.5, 0.6) is 0 Å². The van der Waals surface area contributed by atoms with Crippen molar-refractivity contribution in [3.05, 3.63) is 58.2 Å². The number of benzene rings is 2. The van der Waals surface area contributed by atoms with Crippen LogP contribution in [0.1, 0.15) is 6.92 Å². The molecule has 0 bridgehead atoms. The van der Waals surface area contributed by atoms with E-state index in [1.807, 2.05) is 6.92 Å². The van der Waals surface area contributed by atoms with Gasteiger partial charge < -0.3 is 0 Å². The first kappa shape index (κ1) is 22.0. The van der Waals surface area contributed by atoms with Crippen LogP contribution < -0.4 is 9.62 Å². The predicted octanol–water partition coefficient (Wildman–Crippen LogP) is 4.09. The third kappa shape index (κ3) is 5.68. The monoisotopic (exact) mass is 560 g/mol. The molecule has 0 aliphatic heterocycles. The highest BCUT2D eigenvalue weighted by Gasteiger charge is 2.27. The van der Waals surface area contributed by atoms with Crippen molar-refractivity contribution in [3.63, 3.8) is 0 Å². The van der Waals surface area contributed by atoms with Crippen LogP contribution in [0.2, 0.25) is 0 Å². The van der Waals surface area contributed by atoms with E-state index in [-0.39, 0.29) is 11.4 Å². The summed E-state index contributed by atoms with van der Waals surface area (Å²) in [4.78, 5) is 12.7. The molecule has 1 aromatic heterocycles. The van der Waals surface area contributed by atoms with Crippen LogP contribution in [0, 0.1) is 3.57 Å². The zero-order chi connectivity index (χ0) is 20.9. The van der Waals surface area contributed by atoms with Crippen molar-refractivity contribution in [1.29, 1.82) is 0 Å². The summed E-state index contributed by atoms with van der Waals surface area (Å²) in [6, 6.07) is 15.0. The number of nitrogens with zero attached hydrogens (tertiary/aromatic N) is 3. The average Bonchev–Trinajstić information content (AvgIpc) is 3.14. The smallest absolute Gasteiger partial charge is 0.264 e. The number of aromatic nitrogens is 2. The van der Waals surface area contributed by atoms with Gasteiger partial charge in [-0.2, -0.15) is 0 Å². The molecular formula is C18H17IN4O3S3. The molecule has 3 rings (SSSR count). The molecule has 0 aliphatic carbocycles. The number of hydrogen-bond acceptors (Lipinski definition) is 7. The highest BCUT2D eigenvalue weighted by Crippen LogP contribution is 2.26. The second kappa shape index (κ2) is 9.87. The molecule has 11 heteroatoms. The van der Waals surface area contributed by atoms with E-state index in [1.165, 1.54) is 35.2 Å². The first-order valence-corrected chi connectivity index (χ1v) is 12.8. The Balaban J connectivity index is 1.87. The molecule has 1 amide bonds. The first-order chi connectivity index (χ1) is 13.9. The van der Waals surface area contributed by atoms with Crippen LogP contribution in [0.25, 0.3) is 0 Å². The Kier molecular flexibility index (Phi) is 7.49. The SMILES string of the molecule is CCSc1nnc(NC(=O)CN(c2ccc(I)cc2)S(=O)(=O)c2ccccc2)s1. The second-order valence-corrected chi connectivity index (χ2v) is 11.3. The molecule has 1 heterocycles.